The van der Waals surface area contributed by atoms with Crippen molar-refractivity contribution in [2.45, 2.75) is 0 Å². The number of hydrogen-bond donors (Lipinski definition) is 0. The van der Waals surface area contributed by atoms with Gasteiger partial charge in [0.1, 0.15) is 22.6 Å². The standard InChI is InChI=1S/C22H12IN3O3S/c23-16-7-5-14(6-8-16)19-13-30-22(25-19)15(12-24)11-17-9-10-21(29-17)18-3-1-2-4-20(18)26(27)28/h1-11,13H/b15-11+. The molecule has 0 radical (unpaired) electrons. The number of allylic oxidation sites excluding steroid dienone is 1. The molecule has 8 heteroatoms. The molecule has 2 aromatic heterocycles. The Kier molecular flexibility index (Phi) is 5.74. The van der Waals surface area contributed by atoms with Gasteiger partial charge in [0, 0.05) is 26.7 Å². The van der Waals surface area contributed by atoms with Crippen LogP contribution in [0.3, 0.4) is 0 Å². The molecule has 146 valence electrons. The Labute approximate surface area is 189 Å². The van der Waals surface area contributed by atoms with E-state index in [2.05, 4.69) is 33.6 Å². The first-order valence-electron chi connectivity index (χ1n) is 8.72. The molecule has 0 saturated heterocycles. The molecule has 0 aliphatic rings. The van der Waals surface area contributed by atoms with Gasteiger partial charge in [-0.1, -0.05) is 24.3 Å². The summed E-state index contributed by atoms with van der Waals surface area (Å²) < 4.78 is 6.90. The zero-order valence-corrected chi connectivity index (χ0v) is 18.3. The summed E-state index contributed by atoms with van der Waals surface area (Å²) in [5.41, 5.74) is 2.49. The summed E-state index contributed by atoms with van der Waals surface area (Å²) in [5.74, 6) is 0.787. The van der Waals surface area contributed by atoms with Gasteiger partial charge in [0.15, 0.2) is 0 Å². The number of aromatic nitrogens is 1. The SMILES string of the molecule is N#C/C(=C\c1ccc(-c2ccccc2[N+](=O)[O-])o1)c1nc(-c2ccc(I)cc2)cs1. The lowest BCUT2D eigenvalue weighted by Crippen LogP contribution is -1.90. The Morgan fingerprint density at radius 3 is 2.67 bits per heavy atom. The van der Waals surface area contributed by atoms with Crippen LogP contribution in [0.4, 0.5) is 5.69 Å². The zero-order valence-electron chi connectivity index (χ0n) is 15.3. The van der Waals surface area contributed by atoms with E-state index in [1.54, 1.807) is 36.4 Å². The number of hydrogen-bond acceptors (Lipinski definition) is 6. The highest BCUT2D eigenvalue weighted by molar-refractivity contribution is 14.1. The molecule has 0 aliphatic carbocycles. The first kappa shape index (κ1) is 20.0. The molecule has 0 fully saturated rings. The maximum atomic E-state index is 11.3. The minimum absolute atomic E-state index is 0.0371. The van der Waals surface area contributed by atoms with Crippen LogP contribution in [0, 0.1) is 25.0 Å². The molecule has 2 aromatic carbocycles. The quantitative estimate of drug-likeness (QED) is 0.126. The second-order valence-electron chi connectivity index (χ2n) is 6.19. The van der Waals surface area contributed by atoms with Gasteiger partial charge in [0.25, 0.3) is 5.69 Å². The smallest absolute Gasteiger partial charge is 0.280 e. The van der Waals surface area contributed by atoms with Crippen molar-refractivity contribution in [2.24, 2.45) is 0 Å². The van der Waals surface area contributed by atoms with Gasteiger partial charge in [-0.05, 0) is 52.9 Å². The highest BCUT2D eigenvalue weighted by atomic mass is 127. The van der Waals surface area contributed by atoms with Crippen LogP contribution in [-0.4, -0.2) is 9.91 Å². The number of thiazole rings is 1. The molecular weight excluding hydrogens is 513 g/mol. The van der Waals surface area contributed by atoms with Gasteiger partial charge in [-0.2, -0.15) is 5.26 Å². The molecule has 0 unspecified atom stereocenters. The number of nitrogens with zero attached hydrogens (tertiary/aromatic N) is 3. The predicted octanol–water partition coefficient (Wildman–Crippen LogP) is 6.65. The third-order valence-electron chi connectivity index (χ3n) is 4.27. The lowest BCUT2D eigenvalue weighted by Gasteiger charge is -1.99. The van der Waals surface area contributed by atoms with Crippen LogP contribution in [0.2, 0.25) is 0 Å². The summed E-state index contributed by atoms with van der Waals surface area (Å²) in [4.78, 5) is 15.4. The zero-order chi connectivity index (χ0) is 21.1. The molecule has 30 heavy (non-hydrogen) atoms. The third-order valence-corrected chi connectivity index (χ3v) is 5.87. The summed E-state index contributed by atoms with van der Waals surface area (Å²) in [6.07, 6.45) is 1.59. The first-order valence-corrected chi connectivity index (χ1v) is 10.7. The number of benzene rings is 2. The molecule has 0 atom stereocenters. The Hall–Kier alpha value is -3.29. The molecular formula is C22H12IN3O3S. The number of nitro benzene ring substituents is 1. The number of nitriles is 1. The van der Waals surface area contributed by atoms with Gasteiger partial charge in [0.2, 0.25) is 0 Å². The number of rotatable bonds is 5. The van der Waals surface area contributed by atoms with Crippen molar-refractivity contribution in [3.8, 4) is 28.7 Å². The van der Waals surface area contributed by atoms with E-state index in [4.69, 9.17) is 4.42 Å². The summed E-state index contributed by atoms with van der Waals surface area (Å²) >= 11 is 3.62. The lowest BCUT2D eigenvalue weighted by atomic mass is 10.1. The average molecular weight is 525 g/mol. The van der Waals surface area contributed by atoms with E-state index in [0.29, 0.717) is 27.7 Å². The summed E-state index contributed by atoms with van der Waals surface area (Å²) in [6.45, 7) is 0. The van der Waals surface area contributed by atoms with Gasteiger partial charge in [-0.25, -0.2) is 4.98 Å². The largest absolute Gasteiger partial charge is 0.456 e. The number of para-hydroxylation sites is 1. The van der Waals surface area contributed by atoms with Crippen LogP contribution in [0.5, 0.6) is 0 Å². The molecule has 2 heterocycles. The van der Waals surface area contributed by atoms with Gasteiger partial charge in [0.05, 0.1) is 21.8 Å². The normalized spacial score (nSPS) is 11.3. The van der Waals surface area contributed by atoms with E-state index in [1.165, 1.54) is 17.4 Å². The molecule has 0 N–H and O–H groups in total. The van der Waals surface area contributed by atoms with Gasteiger partial charge < -0.3 is 4.42 Å². The number of nitro groups is 1. The Morgan fingerprint density at radius 2 is 1.93 bits per heavy atom. The molecule has 0 aliphatic heterocycles. The van der Waals surface area contributed by atoms with Crippen LogP contribution in [-0.2, 0) is 0 Å². The fraction of sp³-hybridized carbons (Fsp3) is 0. The third kappa shape index (κ3) is 4.17. The van der Waals surface area contributed by atoms with Crippen LogP contribution in [0.15, 0.2) is 70.5 Å². The average Bonchev–Trinajstić information content (AvgIpc) is 3.42. The predicted molar refractivity (Wildman–Crippen MR) is 125 cm³/mol. The highest BCUT2D eigenvalue weighted by Crippen LogP contribution is 2.32. The van der Waals surface area contributed by atoms with E-state index < -0.39 is 4.92 Å². The van der Waals surface area contributed by atoms with Crippen LogP contribution in [0.25, 0.3) is 34.2 Å². The summed E-state index contributed by atoms with van der Waals surface area (Å²) in [5, 5.41) is 23.3. The molecule has 4 aromatic rings. The Morgan fingerprint density at radius 1 is 1.17 bits per heavy atom. The molecule has 4 rings (SSSR count). The van der Waals surface area contributed by atoms with Crippen molar-refractivity contribution in [3.05, 3.63) is 90.5 Å². The summed E-state index contributed by atoms with van der Waals surface area (Å²) in [6, 6.07) is 19.8. The van der Waals surface area contributed by atoms with Gasteiger partial charge in [-0.15, -0.1) is 11.3 Å². The van der Waals surface area contributed by atoms with Crippen molar-refractivity contribution < 1.29 is 9.34 Å². The van der Waals surface area contributed by atoms with E-state index in [0.717, 1.165) is 14.8 Å². The van der Waals surface area contributed by atoms with E-state index in [9.17, 15) is 15.4 Å². The fourth-order valence-corrected chi connectivity index (χ4v) is 4.01. The van der Waals surface area contributed by atoms with E-state index in [-0.39, 0.29) is 5.69 Å². The molecule has 0 saturated carbocycles. The maximum absolute atomic E-state index is 11.3. The van der Waals surface area contributed by atoms with E-state index >= 15 is 0 Å². The summed E-state index contributed by atoms with van der Waals surface area (Å²) in [7, 11) is 0. The van der Waals surface area contributed by atoms with Gasteiger partial charge >= 0.3 is 0 Å². The minimum Gasteiger partial charge on any atom is -0.456 e. The number of halogens is 1. The molecule has 0 spiro atoms. The second kappa shape index (κ2) is 8.61. The van der Waals surface area contributed by atoms with Gasteiger partial charge in [-0.3, -0.25) is 10.1 Å². The van der Waals surface area contributed by atoms with Crippen molar-refractivity contribution in [1.82, 2.24) is 4.98 Å². The maximum Gasteiger partial charge on any atom is 0.280 e. The van der Waals surface area contributed by atoms with Crippen molar-refractivity contribution >= 4 is 51.3 Å². The van der Waals surface area contributed by atoms with Crippen LogP contribution >= 0.6 is 33.9 Å². The number of furan rings is 1. The Balaban J connectivity index is 1.64. The van der Waals surface area contributed by atoms with Crippen molar-refractivity contribution in [3.63, 3.8) is 0 Å². The van der Waals surface area contributed by atoms with E-state index in [1.807, 2.05) is 29.6 Å². The molecule has 6 nitrogen and oxygen atoms in total. The second-order valence-corrected chi connectivity index (χ2v) is 8.29. The lowest BCUT2D eigenvalue weighted by molar-refractivity contribution is -0.384. The van der Waals surface area contributed by atoms with Crippen molar-refractivity contribution in [2.75, 3.05) is 0 Å². The fourth-order valence-electron chi connectivity index (χ4n) is 2.85. The Bertz CT molecular complexity index is 1300. The highest BCUT2D eigenvalue weighted by Gasteiger charge is 2.17. The van der Waals surface area contributed by atoms with Crippen LogP contribution < -0.4 is 0 Å². The molecule has 0 bridgehead atoms. The van der Waals surface area contributed by atoms with Crippen molar-refractivity contribution in [1.29, 1.82) is 5.26 Å². The monoisotopic (exact) mass is 525 g/mol. The minimum atomic E-state index is -0.449. The first-order chi connectivity index (χ1) is 14.5. The molecule has 0 amide bonds. The topological polar surface area (TPSA) is 93.0 Å². The van der Waals surface area contributed by atoms with Crippen LogP contribution in [0.1, 0.15) is 10.8 Å².